The number of aromatic nitrogens is 2. The molecule has 96 valence electrons. The zero-order valence-corrected chi connectivity index (χ0v) is 11.1. The van der Waals surface area contributed by atoms with Crippen LogP contribution in [0.15, 0.2) is 42.6 Å². The van der Waals surface area contributed by atoms with Crippen LogP contribution in [-0.4, -0.2) is 22.9 Å². The van der Waals surface area contributed by atoms with E-state index < -0.39 is 0 Å². The summed E-state index contributed by atoms with van der Waals surface area (Å²) < 4.78 is 1.85. The maximum absolute atomic E-state index is 4.36. The van der Waals surface area contributed by atoms with Crippen molar-refractivity contribution in [3.8, 4) is 0 Å². The molecule has 0 radical (unpaired) electrons. The molecule has 0 saturated heterocycles. The van der Waals surface area contributed by atoms with Crippen molar-refractivity contribution in [1.82, 2.24) is 15.1 Å². The van der Waals surface area contributed by atoms with Gasteiger partial charge in [-0.05, 0) is 17.5 Å². The van der Waals surface area contributed by atoms with E-state index in [0.29, 0.717) is 5.92 Å². The lowest BCUT2D eigenvalue weighted by Crippen LogP contribution is -2.22. The average Bonchev–Trinajstić information content (AvgIpc) is 2.81. The zero-order chi connectivity index (χ0) is 12.8. The molecule has 3 heteroatoms. The fourth-order valence-electron chi connectivity index (χ4n) is 2.03. The summed E-state index contributed by atoms with van der Waals surface area (Å²) in [4.78, 5) is 0. The van der Waals surface area contributed by atoms with Crippen molar-refractivity contribution in [1.29, 1.82) is 0 Å². The number of nitrogens with zero attached hydrogens (tertiary/aromatic N) is 2. The second-order valence-electron chi connectivity index (χ2n) is 4.75. The van der Waals surface area contributed by atoms with Crippen LogP contribution < -0.4 is 5.32 Å². The monoisotopic (exact) mass is 243 g/mol. The molecule has 1 heterocycles. The first-order valence-electron chi connectivity index (χ1n) is 6.50. The fourth-order valence-corrected chi connectivity index (χ4v) is 2.03. The summed E-state index contributed by atoms with van der Waals surface area (Å²) in [6.45, 7) is 4.24. The second kappa shape index (κ2) is 6.36. The molecule has 2 rings (SSSR count). The molecule has 0 aliphatic carbocycles. The van der Waals surface area contributed by atoms with Crippen LogP contribution in [0.5, 0.6) is 0 Å². The number of nitrogens with one attached hydrogen (secondary N) is 1. The predicted octanol–water partition coefficient (Wildman–Crippen LogP) is 2.36. The van der Waals surface area contributed by atoms with Crippen LogP contribution in [0, 0.1) is 0 Å². The maximum atomic E-state index is 4.36. The molecule has 0 aliphatic heterocycles. The van der Waals surface area contributed by atoms with Gasteiger partial charge in [0.2, 0.25) is 0 Å². The Morgan fingerprint density at radius 2 is 2.00 bits per heavy atom. The molecule has 0 saturated carbocycles. The Hall–Kier alpha value is -1.61. The molecule has 1 atom stereocenters. The van der Waals surface area contributed by atoms with Gasteiger partial charge >= 0.3 is 0 Å². The third kappa shape index (κ3) is 3.70. The summed E-state index contributed by atoms with van der Waals surface area (Å²) in [6.07, 6.45) is 2.98. The highest BCUT2D eigenvalue weighted by atomic mass is 15.2. The van der Waals surface area contributed by atoms with E-state index >= 15 is 0 Å². The van der Waals surface area contributed by atoms with Gasteiger partial charge in [-0.1, -0.05) is 37.3 Å². The molecule has 0 spiro atoms. The van der Waals surface area contributed by atoms with Crippen molar-refractivity contribution in [2.75, 3.05) is 13.1 Å². The van der Waals surface area contributed by atoms with Crippen LogP contribution in [0.25, 0.3) is 0 Å². The third-order valence-electron chi connectivity index (χ3n) is 3.15. The van der Waals surface area contributed by atoms with Crippen LogP contribution in [0.4, 0.5) is 0 Å². The lowest BCUT2D eigenvalue weighted by Gasteiger charge is -2.12. The van der Waals surface area contributed by atoms with Crippen molar-refractivity contribution >= 4 is 0 Å². The van der Waals surface area contributed by atoms with Gasteiger partial charge in [-0.3, -0.25) is 4.68 Å². The Bertz CT molecular complexity index is 462. The van der Waals surface area contributed by atoms with Crippen LogP contribution in [-0.2, 0) is 13.5 Å². The standard InChI is InChI=1S/C15H21N3/c1-13(14-6-4-3-5-7-14)12-16-10-8-15-9-11-18(2)17-15/h3-7,9,11,13,16H,8,10,12H2,1-2H3. The third-order valence-corrected chi connectivity index (χ3v) is 3.15. The summed E-state index contributed by atoms with van der Waals surface area (Å²) in [5.74, 6) is 0.551. The van der Waals surface area contributed by atoms with Gasteiger partial charge in [0.25, 0.3) is 0 Å². The molecule has 1 aromatic heterocycles. The molecule has 1 aromatic carbocycles. The molecule has 18 heavy (non-hydrogen) atoms. The lowest BCUT2D eigenvalue weighted by molar-refractivity contribution is 0.608. The van der Waals surface area contributed by atoms with Gasteiger partial charge in [-0.2, -0.15) is 5.10 Å². The number of aryl methyl sites for hydroxylation is 1. The van der Waals surface area contributed by atoms with Crippen molar-refractivity contribution < 1.29 is 0 Å². The van der Waals surface area contributed by atoms with E-state index in [1.54, 1.807) is 0 Å². The topological polar surface area (TPSA) is 29.9 Å². The number of hydrogen-bond donors (Lipinski definition) is 1. The van der Waals surface area contributed by atoms with Gasteiger partial charge < -0.3 is 5.32 Å². The Labute approximate surface area is 109 Å². The van der Waals surface area contributed by atoms with E-state index in [0.717, 1.165) is 25.2 Å². The zero-order valence-electron chi connectivity index (χ0n) is 11.1. The van der Waals surface area contributed by atoms with E-state index in [9.17, 15) is 0 Å². The van der Waals surface area contributed by atoms with Gasteiger partial charge in [0.05, 0.1) is 5.69 Å². The smallest absolute Gasteiger partial charge is 0.0637 e. The largest absolute Gasteiger partial charge is 0.316 e. The predicted molar refractivity (Wildman–Crippen MR) is 74.6 cm³/mol. The average molecular weight is 243 g/mol. The van der Waals surface area contributed by atoms with Crippen LogP contribution in [0.1, 0.15) is 24.1 Å². The molecule has 0 amide bonds. The summed E-state index contributed by atoms with van der Waals surface area (Å²) in [5.41, 5.74) is 2.54. The van der Waals surface area contributed by atoms with Gasteiger partial charge in [0, 0.05) is 32.8 Å². The van der Waals surface area contributed by atoms with E-state index in [1.807, 2.05) is 17.9 Å². The first-order valence-corrected chi connectivity index (χ1v) is 6.50. The Balaban J connectivity index is 1.69. The molecule has 1 unspecified atom stereocenters. The fraction of sp³-hybridized carbons (Fsp3) is 0.400. The second-order valence-corrected chi connectivity index (χ2v) is 4.75. The highest BCUT2D eigenvalue weighted by Crippen LogP contribution is 2.12. The molecule has 0 bridgehead atoms. The van der Waals surface area contributed by atoms with Gasteiger partial charge in [-0.25, -0.2) is 0 Å². The molecular weight excluding hydrogens is 222 g/mol. The van der Waals surface area contributed by atoms with Crippen molar-refractivity contribution in [2.45, 2.75) is 19.3 Å². The lowest BCUT2D eigenvalue weighted by atomic mass is 10.0. The van der Waals surface area contributed by atoms with Crippen molar-refractivity contribution in [3.05, 3.63) is 53.9 Å². The summed E-state index contributed by atoms with van der Waals surface area (Å²) in [5, 5.41) is 7.85. The van der Waals surface area contributed by atoms with E-state index in [1.165, 1.54) is 5.56 Å². The quantitative estimate of drug-likeness (QED) is 0.789. The van der Waals surface area contributed by atoms with E-state index in [2.05, 4.69) is 53.7 Å². The molecule has 3 nitrogen and oxygen atoms in total. The molecular formula is C15H21N3. The Morgan fingerprint density at radius 1 is 1.22 bits per heavy atom. The summed E-state index contributed by atoms with van der Waals surface area (Å²) in [6, 6.07) is 12.7. The summed E-state index contributed by atoms with van der Waals surface area (Å²) >= 11 is 0. The first kappa shape index (κ1) is 12.8. The maximum Gasteiger partial charge on any atom is 0.0637 e. The highest BCUT2D eigenvalue weighted by Gasteiger charge is 2.04. The van der Waals surface area contributed by atoms with Gasteiger partial charge in [0.1, 0.15) is 0 Å². The van der Waals surface area contributed by atoms with Gasteiger partial charge in [-0.15, -0.1) is 0 Å². The van der Waals surface area contributed by atoms with Crippen molar-refractivity contribution in [3.63, 3.8) is 0 Å². The van der Waals surface area contributed by atoms with Crippen molar-refractivity contribution in [2.24, 2.45) is 7.05 Å². The van der Waals surface area contributed by atoms with E-state index in [4.69, 9.17) is 0 Å². The summed E-state index contributed by atoms with van der Waals surface area (Å²) in [7, 11) is 1.95. The molecule has 0 fully saturated rings. The van der Waals surface area contributed by atoms with E-state index in [-0.39, 0.29) is 0 Å². The van der Waals surface area contributed by atoms with Crippen LogP contribution >= 0.6 is 0 Å². The molecule has 2 aromatic rings. The SMILES string of the molecule is CC(CNCCc1ccn(C)n1)c1ccccc1. The Kier molecular flexibility index (Phi) is 4.53. The minimum absolute atomic E-state index is 0.551. The van der Waals surface area contributed by atoms with Crippen LogP contribution in [0.2, 0.25) is 0 Å². The molecule has 1 N–H and O–H groups in total. The number of hydrogen-bond acceptors (Lipinski definition) is 2. The minimum Gasteiger partial charge on any atom is -0.316 e. The Morgan fingerprint density at radius 3 is 2.67 bits per heavy atom. The number of benzene rings is 1. The molecule has 0 aliphatic rings. The number of rotatable bonds is 6. The van der Waals surface area contributed by atoms with Crippen LogP contribution in [0.3, 0.4) is 0 Å². The normalized spacial score (nSPS) is 12.6. The highest BCUT2D eigenvalue weighted by molar-refractivity contribution is 5.18. The first-order chi connectivity index (χ1) is 8.75. The van der Waals surface area contributed by atoms with Gasteiger partial charge in [0.15, 0.2) is 0 Å². The minimum atomic E-state index is 0.551.